The fourth-order valence-corrected chi connectivity index (χ4v) is 6.67. The minimum Gasteiger partial charge on any atom is -0.358 e. The molecule has 2 aromatic rings. The molecular formula is C49H74O11. The van der Waals surface area contributed by atoms with Crippen molar-refractivity contribution in [3.63, 3.8) is 0 Å². The van der Waals surface area contributed by atoms with Crippen LogP contribution in [0, 0.1) is 0 Å². The highest BCUT2D eigenvalue weighted by Crippen LogP contribution is 2.20. The molecule has 11 heteroatoms. The van der Waals surface area contributed by atoms with Gasteiger partial charge in [0.15, 0.2) is 0 Å². The van der Waals surface area contributed by atoms with Gasteiger partial charge in [0, 0.05) is 0 Å². The third-order valence-electron chi connectivity index (χ3n) is 10.6. The van der Waals surface area contributed by atoms with E-state index in [-0.39, 0.29) is 35.8 Å². The molecule has 0 fully saturated rings. The van der Waals surface area contributed by atoms with Gasteiger partial charge in [-0.05, 0) is 60.1 Å². The van der Waals surface area contributed by atoms with Gasteiger partial charge in [-0.25, -0.2) is 24.0 Å². The molecule has 0 aliphatic rings. The highest BCUT2D eigenvalue weighted by Gasteiger charge is 2.31. The maximum absolute atomic E-state index is 13.2. The number of rotatable bonds is 32. The van der Waals surface area contributed by atoms with Gasteiger partial charge in [-0.15, -0.1) is 0 Å². The van der Waals surface area contributed by atoms with E-state index in [1.54, 1.807) is 24.3 Å². The fraction of sp³-hybridized carbons (Fsp3) is 0.653. The minimum absolute atomic E-state index is 0.0920. The van der Waals surface area contributed by atoms with Crippen LogP contribution in [0.5, 0.6) is 0 Å². The molecule has 0 N–H and O–H groups in total. The van der Waals surface area contributed by atoms with Crippen molar-refractivity contribution in [1.29, 1.82) is 0 Å². The van der Waals surface area contributed by atoms with Crippen LogP contribution in [0.15, 0.2) is 48.5 Å². The largest absolute Gasteiger partial charge is 0.524 e. The molecule has 2 aromatic carbocycles. The maximum atomic E-state index is 13.2. The molecule has 2 rings (SSSR count). The predicted octanol–water partition coefficient (Wildman–Crippen LogP) is 13.4. The maximum Gasteiger partial charge on any atom is 0.524 e. The topological polar surface area (TPSA) is 141 Å². The van der Waals surface area contributed by atoms with Crippen LogP contribution in [0.4, 0.5) is 4.79 Å². The van der Waals surface area contributed by atoms with E-state index in [1.807, 2.05) is 52.0 Å². The number of benzene rings is 2. The Morgan fingerprint density at radius 3 is 0.983 bits per heavy atom. The van der Waals surface area contributed by atoms with Crippen molar-refractivity contribution in [2.24, 2.45) is 0 Å². The molecule has 0 saturated carbocycles. The second kappa shape index (κ2) is 31.7. The first-order valence-electron chi connectivity index (χ1n) is 22.9. The van der Waals surface area contributed by atoms with Crippen molar-refractivity contribution in [3.8, 4) is 0 Å². The third-order valence-corrected chi connectivity index (χ3v) is 10.6. The van der Waals surface area contributed by atoms with Crippen molar-refractivity contribution in [2.75, 3.05) is 0 Å². The molecule has 2 unspecified atom stereocenters. The van der Waals surface area contributed by atoms with E-state index in [9.17, 15) is 24.0 Å². The van der Waals surface area contributed by atoms with Crippen molar-refractivity contribution < 1.29 is 53.0 Å². The average molecular weight is 839 g/mol. The first kappa shape index (κ1) is 52.0. The van der Waals surface area contributed by atoms with Gasteiger partial charge in [0.2, 0.25) is 12.2 Å². The summed E-state index contributed by atoms with van der Waals surface area (Å²) in [6.45, 7) is 12.5. The predicted molar refractivity (Wildman–Crippen MR) is 232 cm³/mol. The van der Waals surface area contributed by atoms with E-state index >= 15 is 0 Å². The Morgan fingerprint density at radius 2 is 0.700 bits per heavy atom. The zero-order chi connectivity index (χ0) is 44.0. The Balaban J connectivity index is 2.02. The lowest BCUT2D eigenvalue weighted by Crippen LogP contribution is -2.34. The standard InChI is InChI=1S/C49H74O11/c1-7-9-11-13-15-17-19-21-23-25-27-43(57-59-45(50)41-33-29-39(30-34-41)37(3)4)47(52)55-49(54)56-48(53)44(28-26-24-22-20-18-16-14-12-10-8-2)58-60-46(51)42-35-31-40(32-36-42)38(5)6/h29-38,43-44H,7-28H2,1-6H3. The second-order valence-electron chi connectivity index (χ2n) is 16.5. The highest BCUT2D eigenvalue weighted by atomic mass is 17.2. The Labute approximate surface area is 359 Å². The zero-order valence-corrected chi connectivity index (χ0v) is 37.5. The van der Waals surface area contributed by atoms with Crippen LogP contribution in [-0.2, 0) is 38.6 Å². The van der Waals surface area contributed by atoms with Crippen molar-refractivity contribution in [3.05, 3.63) is 70.8 Å². The summed E-state index contributed by atoms with van der Waals surface area (Å²) >= 11 is 0. The zero-order valence-electron chi connectivity index (χ0n) is 37.5. The number of unbranched alkanes of at least 4 members (excludes halogenated alkanes) is 18. The summed E-state index contributed by atoms with van der Waals surface area (Å²) in [4.78, 5) is 85.5. The molecular weight excluding hydrogens is 765 g/mol. The molecule has 60 heavy (non-hydrogen) atoms. The van der Waals surface area contributed by atoms with Crippen molar-refractivity contribution in [2.45, 2.75) is 207 Å². The Bertz CT molecular complexity index is 1390. The van der Waals surface area contributed by atoms with E-state index in [1.165, 1.54) is 64.2 Å². The van der Waals surface area contributed by atoms with E-state index in [4.69, 9.17) is 29.0 Å². The van der Waals surface area contributed by atoms with Gasteiger partial charge in [-0.1, -0.05) is 194 Å². The Kier molecular flexibility index (Phi) is 27.5. The molecule has 0 bridgehead atoms. The lowest BCUT2D eigenvalue weighted by Gasteiger charge is -2.16. The van der Waals surface area contributed by atoms with Gasteiger partial charge in [0.25, 0.3) is 0 Å². The normalized spacial score (nSPS) is 12.3. The van der Waals surface area contributed by atoms with Crippen LogP contribution >= 0.6 is 0 Å². The molecule has 0 heterocycles. The van der Waals surface area contributed by atoms with Gasteiger partial charge in [0.05, 0.1) is 11.1 Å². The molecule has 2 atom stereocenters. The average Bonchev–Trinajstić information content (AvgIpc) is 3.23. The van der Waals surface area contributed by atoms with Gasteiger partial charge in [-0.3, -0.25) is 9.78 Å². The number of hydrogen-bond donors (Lipinski definition) is 0. The fourth-order valence-electron chi connectivity index (χ4n) is 6.67. The van der Waals surface area contributed by atoms with Crippen LogP contribution in [0.3, 0.4) is 0 Å². The van der Waals surface area contributed by atoms with Crippen LogP contribution < -0.4 is 0 Å². The lowest BCUT2D eigenvalue weighted by molar-refractivity contribution is -0.276. The van der Waals surface area contributed by atoms with Gasteiger partial charge in [0.1, 0.15) is 0 Å². The summed E-state index contributed by atoms with van der Waals surface area (Å²) < 4.78 is 9.77. The van der Waals surface area contributed by atoms with E-state index < -0.39 is 42.2 Å². The molecule has 0 aliphatic heterocycles. The number of ether oxygens (including phenoxy) is 2. The summed E-state index contributed by atoms with van der Waals surface area (Å²) in [6.07, 6.45) is 16.8. The summed E-state index contributed by atoms with van der Waals surface area (Å²) in [5.41, 5.74) is 2.51. The Hall–Kier alpha value is -4.09. The van der Waals surface area contributed by atoms with Crippen molar-refractivity contribution >= 4 is 30.0 Å². The molecule has 336 valence electrons. The van der Waals surface area contributed by atoms with Gasteiger partial charge < -0.3 is 9.47 Å². The molecule has 0 aromatic heterocycles. The first-order valence-corrected chi connectivity index (χ1v) is 22.9. The van der Waals surface area contributed by atoms with E-state index in [0.29, 0.717) is 12.8 Å². The molecule has 0 saturated heterocycles. The third kappa shape index (κ3) is 22.5. The van der Waals surface area contributed by atoms with Crippen molar-refractivity contribution in [1.82, 2.24) is 0 Å². The lowest BCUT2D eigenvalue weighted by atomic mass is 10.0. The number of esters is 2. The number of carbonyl (C=O) groups excluding carboxylic acids is 5. The van der Waals surface area contributed by atoms with Crippen LogP contribution in [0.1, 0.15) is 226 Å². The van der Waals surface area contributed by atoms with Crippen LogP contribution in [0.2, 0.25) is 0 Å². The summed E-state index contributed by atoms with van der Waals surface area (Å²) in [5.74, 6) is -3.47. The SMILES string of the molecule is CCCCCCCCCCCCC(OOC(=O)c1ccc(C(C)C)cc1)C(=O)OC(=O)OC(=O)C(CCCCCCCCCCCC)OOC(=O)c1ccc(C(C)C)cc1. The second-order valence-corrected chi connectivity index (χ2v) is 16.5. The summed E-state index contributed by atoms with van der Waals surface area (Å²) in [5, 5.41) is 0. The molecule has 0 amide bonds. The minimum atomic E-state index is -1.61. The van der Waals surface area contributed by atoms with Gasteiger partial charge >= 0.3 is 30.0 Å². The molecule has 0 aliphatic carbocycles. The molecule has 0 radical (unpaired) electrons. The first-order chi connectivity index (χ1) is 29.0. The quantitative estimate of drug-likeness (QED) is 0.0228. The highest BCUT2D eigenvalue weighted by molar-refractivity contribution is 5.92. The van der Waals surface area contributed by atoms with E-state index in [0.717, 1.165) is 62.5 Å². The Morgan fingerprint density at radius 1 is 0.417 bits per heavy atom. The van der Waals surface area contributed by atoms with E-state index in [2.05, 4.69) is 13.8 Å². The summed E-state index contributed by atoms with van der Waals surface area (Å²) in [7, 11) is 0. The molecule has 11 nitrogen and oxygen atoms in total. The summed E-state index contributed by atoms with van der Waals surface area (Å²) in [6, 6.07) is 13.6. The number of carbonyl (C=O) groups is 5. The molecule has 0 spiro atoms. The monoisotopic (exact) mass is 839 g/mol. The van der Waals surface area contributed by atoms with Crippen LogP contribution in [0.25, 0.3) is 0 Å². The smallest absolute Gasteiger partial charge is 0.358 e. The van der Waals surface area contributed by atoms with Crippen LogP contribution in [-0.4, -0.2) is 42.2 Å². The number of hydrogen-bond acceptors (Lipinski definition) is 11. The van der Waals surface area contributed by atoms with Gasteiger partial charge in [-0.2, -0.15) is 9.78 Å².